The molecule has 0 unspecified atom stereocenters. The van der Waals surface area contributed by atoms with Crippen molar-refractivity contribution in [2.75, 3.05) is 4.72 Å². The lowest BCUT2D eigenvalue weighted by Crippen LogP contribution is -2.13. The van der Waals surface area contributed by atoms with E-state index in [0.29, 0.717) is 0 Å². The summed E-state index contributed by atoms with van der Waals surface area (Å²) in [6.07, 6.45) is 0. The number of ether oxygens (including phenoxy) is 1. The summed E-state index contributed by atoms with van der Waals surface area (Å²) in [6, 6.07) is 6.25. The van der Waals surface area contributed by atoms with E-state index in [-0.39, 0.29) is 26.4 Å². The lowest BCUT2D eigenvalue weighted by Gasteiger charge is -2.11. The summed E-state index contributed by atoms with van der Waals surface area (Å²) in [5.74, 6) is -1.06. The molecule has 2 rings (SSSR count). The third kappa shape index (κ3) is 4.43. The fraction of sp³-hybridized carbons (Fsp3) is 0.0769. The summed E-state index contributed by atoms with van der Waals surface area (Å²) >= 11 is 11.3. The minimum absolute atomic E-state index is 0.0282. The van der Waals surface area contributed by atoms with Gasteiger partial charge in [-0.05, 0) is 36.4 Å². The molecule has 0 radical (unpaired) electrons. The number of nitrogens with one attached hydrogen (secondary N) is 1. The fourth-order valence-electron chi connectivity index (χ4n) is 1.61. The highest BCUT2D eigenvalue weighted by Crippen LogP contribution is 2.29. The Labute approximate surface area is 139 Å². The van der Waals surface area contributed by atoms with Crippen molar-refractivity contribution < 1.29 is 26.3 Å². The van der Waals surface area contributed by atoms with E-state index in [1.54, 1.807) is 0 Å². The molecule has 1 N–H and O–H groups in total. The van der Waals surface area contributed by atoms with Gasteiger partial charge in [0.2, 0.25) is 0 Å². The van der Waals surface area contributed by atoms with Crippen molar-refractivity contribution in [1.82, 2.24) is 0 Å². The molecule has 23 heavy (non-hydrogen) atoms. The van der Waals surface area contributed by atoms with Crippen LogP contribution < -0.4 is 9.46 Å². The number of benzene rings is 2. The number of sulfonamides is 1. The third-order valence-corrected chi connectivity index (χ3v) is 4.57. The van der Waals surface area contributed by atoms with Gasteiger partial charge in [-0.2, -0.15) is 8.78 Å². The van der Waals surface area contributed by atoms with Crippen LogP contribution in [0.1, 0.15) is 0 Å². The maximum atomic E-state index is 13.1. The molecule has 0 saturated heterocycles. The number of alkyl halides is 2. The van der Waals surface area contributed by atoms with E-state index < -0.39 is 22.5 Å². The van der Waals surface area contributed by atoms with Gasteiger partial charge < -0.3 is 4.74 Å². The zero-order valence-electron chi connectivity index (χ0n) is 11.1. The minimum atomic E-state index is -4.07. The van der Waals surface area contributed by atoms with Gasteiger partial charge in [0.1, 0.15) is 11.6 Å². The average Bonchev–Trinajstić information content (AvgIpc) is 2.44. The summed E-state index contributed by atoms with van der Waals surface area (Å²) < 4.78 is 68.0. The molecule has 4 nitrogen and oxygen atoms in total. The molecule has 2 aromatic carbocycles. The summed E-state index contributed by atoms with van der Waals surface area (Å²) in [7, 11) is -4.07. The Morgan fingerprint density at radius 3 is 2.30 bits per heavy atom. The molecule has 0 bridgehead atoms. The molecular weight excluding hydrogens is 378 g/mol. The van der Waals surface area contributed by atoms with E-state index in [0.717, 1.165) is 30.3 Å². The van der Waals surface area contributed by atoms with E-state index in [2.05, 4.69) is 9.46 Å². The van der Waals surface area contributed by atoms with Crippen LogP contribution in [0.25, 0.3) is 0 Å². The smallest absolute Gasteiger partial charge is 0.387 e. The van der Waals surface area contributed by atoms with Crippen LogP contribution in [0.15, 0.2) is 41.3 Å². The topological polar surface area (TPSA) is 55.4 Å². The molecule has 124 valence electrons. The molecule has 0 aliphatic carbocycles. The summed E-state index contributed by atoms with van der Waals surface area (Å²) in [4.78, 5) is -0.287. The van der Waals surface area contributed by atoms with Crippen LogP contribution in [0, 0.1) is 5.82 Å². The Morgan fingerprint density at radius 1 is 1.04 bits per heavy atom. The molecule has 0 saturated carbocycles. The molecule has 0 atom stereocenters. The molecule has 0 aliphatic rings. The summed E-state index contributed by atoms with van der Waals surface area (Å²) in [5.41, 5.74) is 0.0282. The Morgan fingerprint density at radius 2 is 1.74 bits per heavy atom. The van der Waals surface area contributed by atoms with Crippen molar-refractivity contribution >= 4 is 38.9 Å². The van der Waals surface area contributed by atoms with Gasteiger partial charge in [-0.25, -0.2) is 12.8 Å². The van der Waals surface area contributed by atoms with Crippen LogP contribution in [0.2, 0.25) is 10.0 Å². The zero-order chi connectivity index (χ0) is 17.2. The van der Waals surface area contributed by atoms with Crippen LogP contribution in [-0.4, -0.2) is 15.0 Å². The third-order valence-electron chi connectivity index (χ3n) is 2.60. The first-order chi connectivity index (χ1) is 10.7. The van der Waals surface area contributed by atoms with Crippen LogP contribution in [0.4, 0.5) is 18.9 Å². The molecule has 0 heterocycles. The highest BCUT2D eigenvalue weighted by molar-refractivity contribution is 7.92. The normalized spacial score (nSPS) is 11.6. The second-order valence-corrected chi connectivity index (χ2v) is 6.70. The van der Waals surface area contributed by atoms with E-state index >= 15 is 0 Å². The van der Waals surface area contributed by atoms with Crippen LogP contribution >= 0.6 is 23.2 Å². The van der Waals surface area contributed by atoms with Gasteiger partial charge in [0, 0.05) is 0 Å². The molecular formula is C13H8Cl2F3NO3S. The van der Waals surface area contributed by atoms with Gasteiger partial charge in [-0.15, -0.1) is 0 Å². The van der Waals surface area contributed by atoms with Crippen molar-refractivity contribution in [2.45, 2.75) is 11.5 Å². The van der Waals surface area contributed by atoms with Crippen molar-refractivity contribution in [3.63, 3.8) is 0 Å². The number of hydrogen-bond donors (Lipinski definition) is 1. The number of hydrogen-bond acceptors (Lipinski definition) is 3. The molecule has 0 fully saturated rings. The number of anilines is 1. The van der Waals surface area contributed by atoms with E-state index in [1.807, 2.05) is 0 Å². The van der Waals surface area contributed by atoms with E-state index in [1.165, 1.54) is 6.07 Å². The Balaban J connectivity index is 2.28. The Hall–Kier alpha value is -1.64. The maximum Gasteiger partial charge on any atom is 0.387 e. The molecule has 10 heteroatoms. The van der Waals surface area contributed by atoms with Crippen LogP contribution in [0.3, 0.4) is 0 Å². The Bertz CT molecular complexity index is 831. The second-order valence-electron chi connectivity index (χ2n) is 4.21. The lowest BCUT2D eigenvalue weighted by atomic mass is 10.3. The van der Waals surface area contributed by atoms with Gasteiger partial charge in [0.25, 0.3) is 10.0 Å². The lowest BCUT2D eigenvalue weighted by molar-refractivity contribution is -0.0498. The van der Waals surface area contributed by atoms with E-state index in [9.17, 15) is 21.6 Å². The summed E-state index contributed by atoms with van der Waals surface area (Å²) in [5, 5.41) is -0.561. The molecule has 0 amide bonds. The highest BCUT2D eigenvalue weighted by atomic mass is 35.5. The first-order valence-corrected chi connectivity index (χ1v) is 8.15. The molecule has 0 spiro atoms. The van der Waals surface area contributed by atoms with Crippen molar-refractivity contribution in [3.05, 3.63) is 52.3 Å². The standard InChI is InChI=1S/C13H8Cl2F3NO3S/c14-9-5-7(1-3-11(9)16)19-23(20,21)8-2-4-12(10(15)6-8)22-13(17)18/h1-6,13,19H. The van der Waals surface area contributed by atoms with Gasteiger partial charge >= 0.3 is 6.61 Å². The quantitative estimate of drug-likeness (QED) is 0.821. The van der Waals surface area contributed by atoms with Crippen molar-refractivity contribution in [2.24, 2.45) is 0 Å². The van der Waals surface area contributed by atoms with Crippen LogP contribution in [-0.2, 0) is 10.0 Å². The van der Waals surface area contributed by atoms with Crippen molar-refractivity contribution in [3.8, 4) is 5.75 Å². The fourth-order valence-corrected chi connectivity index (χ4v) is 3.16. The predicted octanol–water partition coefficient (Wildman–Crippen LogP) is 4.53. The predicted molar refractivity (Wildman–Crippen MR) is 80.3 cm³/mol. The number of halogens is 5. The number of rotatable bonds is 5. The van der Waals surface area contributed by atoms with Gasteiger partial charge in [-0.1, -0.05) is 23.2 Å². The largest absolute Gasteiger partial charge is 0.433 e. The maximum absolute atomic E-state index is 13.1. The van der Waals surface area contributed by atoms with Gasteiger partial charge in [0.05, 0.1) is 20.6 Å². The molecule has 2 aromatic rings. The van der Waals surface area contributed by atoms with Crippen LogP contribution in [0.5, 0.6) is 5.75 Å². The van der Waals surface area contributed by atoms with Crippen molar-refractivity contribution in [1.29, 1.82) is 0 Å². The van der Waals surface area contributed by atoms with Gasteiger partial charge in [-0.3, -0.25) is 4.72 Å². The monoisotopic (exact) mass is 385 g/mol. The zero-order valence-corrected chi connectivity index (χ0v) is 13.4. The first-order valence-electron chi connectivity index (χ1n) is 5.91. The average molecular weight is 386 g/mol. The van der Waals surface area contributed by atoms with Gasteiger partial charge in [0.15, 0.2) is 0 Å². The minimum Gasteiger partial charge on any atom is -0.433 e. The summed E-state index contributed by atoms with van der Waals surface area (Å²) in [6.45, 7) is -3.09. The Kier molecular flexibility index (Phi) is 5.28. The molecule has 0 aromatic heterocycles. The SMILES string of the molecule is O=S(=O)(Nc1ccc(F)c(Cl)c1)c1ccc(OC(F)F)c(Cl)c1. The second kappa shape index (κ2) is 6.86. The van der Waals surface area contributed by atoms with E-state index in [4.69, 9.17) is 23.2 Å². The highest BCUT2D eigenvalue weighted by Gasteiger charge is 2.18. The first kappa shape index (κ1) is 17.7. The molecule has 0 aliphatic heterocycles.